The molecule has 0 saturated carbocycles. The molecule has 0 aliphatic carbocycles. The number of hydrogen-bond acceptors (Lipinski definition) is 7. The van der Waals surface area contributed by atoms with Crippen LogP contribution in [0, 0.1) is 0 Å². The minimum atomic E-state index is -0.695. The fourth-order valence-electron chi connectivity index (χ4n) is 3.78. The predicted molar refractivity (Wildman–Crippen MR) is 129 cm³/mol. The molecule has 8 heteroatoms. The zero-order valence-electron chi connectivity index (χ0n) is 18.9. The highest BCUT2D eigenvalue weighted by molar-refractivity contribution is 7.07. The van der Waals surface area contributed by atoms with Crippen LogP contribution in [0.2, 0.25) is 0 Å². The first-order valence-electron chi connectivity index (χ1n) is 10.6. The van der Waals surface area contributed by atoms with Gasteiger partial charge < -0.3 is 14.7 Å². The number of rotatable bonds is 5. The Morgan fingerprint density at radius 1 is 1.18 bits per heavy atom. The Hall–Kier alpha value is -3.65. The zero-order chi connectivity index (χ0) is 23.7. The fourth-order valence-corrected chi connectivity index (χ4v) is 4.83. The van der Waals surface area contributed by atoms with Crippen molar-refractivity contribution in [3.63, 3.8) is 0 Å². The summed E-state index contributed by atoms with van der Waals surface area (Å²) in [5.41, 5.74) is 3.24. The number of aromatic nitrogens is 1. The number of carbonyl (C=O) groups is 1. The Morgan fingerprint density at radius 2 is 1.85 bits per heavy atom. The van der Waals surface area contributed by atoms with Gasteiger partial charge >= 0.3 is 5.97 Å². The highest BCUT2D eigenvalue weighted by atomic mass is 32.1. The third-order valence-electron chi connectivity index (χ3n) is 5.43. The monoisotopic (exact) mass is 463 g/mol. The summed E-state index contributed by atoms with van der Waals surface area (Å²) in [6.07, 6.45) is 1.83. The van der Waals surface area contributed by atoms with Crippen molar-refractivity contribution in [3.8, 4) is 5.75 Å². The number of aromatic hydroxyl groups is 1. The molecule has 4 rings (SSSR count). The van der Waals surface area contributed by atoms with Crippen LogP contribution < -0.4 is 19.8 Å². The van der Waals surface area contributed by atoms with Gasteiger partial charge in [0.1, 0.15) is 5.75 Å². The number of allylic oxidation sites excluding steroid dienone is 1. The van der Waals surface area contributed by atoms with Gasteiger partial charge in [0.2, 0.25) is 0 Å². The van der Waals surface area contributed by atoms with Crippen LogP contribution in [0.3, 0.4) is 0 Å². The number of nitrogens with zero attached hydrogens (tertiary/aromatic N) is 3. The number of hydrogen-bond donors (Lipinski definition) is 1. The van der Waals surface area contributed by atoms with E-state index in [9.17, 15) is 14.7 Å². The number of benzene rings is 2. The third-order valence-corrected chi connectivity index (χ3v) is 6.42. The minimum Gasteiger partial charge on any atom is -0.508 e. The van der Waals surface area contributed by atoms with E-state index >= 15 is 0 Å². The van der Waals surface area contributed by atoms with Crippen molar-refractivity contribution in [2.45, 2.75) is 19.9 Å². The highest BCUT2D eigenvalue weighted by Gasteiger charge is 2.33. The molecule has 1 N–H and O–H groups in total. The maximum Gasteiger partial charge on any atom is 0.338 e. The molecule has 0 radical (unpaired) electrons. The summed E-state index contributed by atoms with van der Waals surface area (Å²) in [6, 6.07) is 13.7. The number of fused-ring (bicyclic) bond motifs is 1. The van der Waals surface area contributed by atoms with Crippen LogP contribution in [0.5, 0.6) is 5.75 Å². The fraction of sp³-hybridized carbons (Fsp3) is 0.240. The summed E-state index contributed by atoms with van der Waals surface area (Å²) in [6.45, 7) is 3.70. The lowest BCUT2D eigenvalue weighted by Crippen LogP contribution is -2.39. The molecule has 2 aromatic carbocycles. The largest absolute Gasteiger partial charge is 0.508 e. The van der Waals surface area contributed by atoms with E-state index < -0.39 is 12.0 Å². The van der Waals surface area contributed by atoms with Gasteiger partial charge in [0.25, 0.3) is 5.56 Å². The van der Waals surface area contributed by atoms with E-state index in [-0.39, 0.29) is 17.9 Å². The van der Waals surface area contributed by atoms with Gasteiger partial charge in [-0.1, -0.05) is 35.6 Å². The van der Waals surface area contributed by atoms with E-state index in [0.29, 0.717) is 26.2 Å². The van der Waals surface area contributed by atoms with Crippen LogP contribution in [0.15, 0.2) is 69.6 Å². The normalized spacial score (nSPS) is 15.8. The lowest BCUT2D eigenvalue weighted by Gasteiger charge is -2.24. The van der Waals surface area contributed by atoms with Gasteiger partial charge in [0.15, 0.2) is 4.80 Å². The first-order chi connectivity index (χ1) is 15.8. The van der Waals surface area contributed by atoms with Crippen molar-refractivity contribution in [3.05, 3.63) is 90.6 Å². The van der Waals surface area contributed by atoms with Gasteiger partial charge in [-0.2, -0.15) is 0 Å². The van der Waals surface area contributed by atoms with Gasteiger partial charge in [-0.15, -0.1) is 0 Å². The Bertz CT molecular complexity index is 1400. The van der Waals surface area contributed by atoms with Crippen molar-refractivity contribution >= 4 is 29.1 Å². The number of anilines is 1. The first kappa shape index (κ1) is 22.5. The molecule has 1 aliphatic heterocycles. The number of thiazole rings is 1. The van der Waals surface area contributed by atoms with Crippen molar-refractivity contribution < 1.29 is 14.6 Å². The molecular weight excluding hydrogens is 438 g/mol. The van der Waals surface area contributed by atoms with Crippen LogP contribution in [0.1, 0.15) is 31.0 Å². The molecule has 1 aliphatic rings. The smallest absolute Gasteiger partial charge is 0.338 e. The molecular formula is C25H25N3O4S. The van der Waals surface area contributed by atoms with Gasteiger partial charge in [0, 0.05) is 19.8 Å². The molecule has 3 aromatic rings. The molecule has 0 spiro atoms. The maximum absolute atomic E-state index is 13.5. The van der Waals surface area contributed by atoms with E-state index in [4.69, 9.17) is 4.74 Å². The second-order valence-electron chi connectivity index (χ2n) is 7.88. The number of carbonyl (C=O) groups excluding carboxylic acids is 1. The van der Waals surface area contributed by atoms with Crippen molar-refractivity contribution in [1.82, 2.24) is 4.57 Å². The molecule has 1 atom stereocenters. The summed E-state index contributed by atoms with van der Waals surface area (Å²) in [5.74, 6) is -0.406. The number of phenols is 1. The van der Waals surface area contributed by atoms with E-state index in [1.165, 1.54) is 28.0 Å². The Morgan fingerprint density at radius 3 is 2.45 bits per heavy atom. The van der Waals surface area contributed by atoms with E-state index in [1.54, 1.807) is 26.0 Å². The molecule has 7 nitrogen and oxygen atoms in total. The molecule has 1 aromatic heterocycles. The standard InChI is InChI=1S/C25H25N3O4S/c1-5-32-24(31)21-15(2)26-25-28(22(21)17-8-12-19(29)13-9-17)23(30)20(33-25)14-16-6-10-18(11-7-16)27(3)4/h6-14,22,29H,5H2,1-4H3/b20-14-/t22-/m1/s1. The molecule has 2 heterocycles. The lowest BCUT2D eigenvalue weighted by molar-refractivity contribution is -0.139. The minimum absolute atomic E-state index is 0.103. The molecule has 33 heavy (non-hydrogen) atoms. The lowest BCUT2D eigenvalue weighted by atomic mass is 9.96. The third kappa shape index (κ3) is 4.34. The van der Waals surface area contributed by atoms with E-state index in [2.05, 4.69) is 4.99 Å². The van der Waals surface area contributed by atoms with Crippen molar-refractivity contribution in [2.24, 2.45) is 4.99 Å². The number of ether oxygens (including phenoxy) is 1. The van der Waals surface area contributed by atoms with Gasteiger partial charge in [-0.3, -0.25) is 9.36 Å². The van der Waals surface area contributed by atoms with Crippen LogP contribution in [-0.4, -0.2) is 36.3 Å². The Balaban J connectivity index is 1.90. The summed E-state index contributed by atoms with van der Waals surface area (Å²) in [4.78, 5) is 33.5. The summed E-state index contributed by atoms with van der Waals surface area (Å²) in [5, 5.41) is 9.74. The number of esters is 1. The van der Waals surface area contributed by atoms with Gasteiger partial charge in [-0.05, 0) is 55.3 Å². The molecule has 0 bridgehead atoms. The molecule has 170 valence electrons. The van der Waals surface area contributed by atoms with Crippen LogP contribution in [0.25, 0.3) is 6.08 Å². The zero-order valence-corrected chi connectivity index (χ0v) is 19.7. The molecule has 0 unspecified atom stereocenters. The Kier molecular flexibility index (Phi) is 6.20. The topological polar surface area (TPSA) is 84.1 Å². The van der Waals surface area contributed by atoms with Crippen LogP contribution in [0.4, 0.5) is 5.69 Å². The SMILES string of the molecule is CCOC(=O)C1=C(C)N=c2s/c(=C\c3ccc(N(C)C)cc3)c(=O)n2[C@@H]1c1ccc(O)cc1. The second kappa shape index (κ2) is 9.07. The summed E-state index contributed by atoms with van der Waals surface area (Å²) < 4.78 is 7.34. The van der Waals surface area contributed by atoms with Crippen molar-refractivity contribution in [1.29, 1.82) is 0 Å². The predicted octanol–water partition coefficient (Wildman–Crippen LogP) is 2.57. The Labute approximate surface area is 195 Å². The summed E-state index contributed by atoms with van der Waals surface area (Å²) >= 11 is 1.28. The average molecular weight is 464 g/mol. The maximum atomic E-state index is 13.5. The van der Waals surface area contributed by atoms with Crippen molar-refractivity contribution in [2.75, 3.05) is 25.6 Å². The van der Waals surface area contributed by atoms with Crippen LogP contribution >= 0.6 is 11.3 Å². The van der Waals surface area contributed by atoms with Gasteiger partial charge in [-0.25, -0.2) is 9.79 Å². The first-order valence-corrected chi connectivity index (χ1v) is 11.4. The quantitative estimate of drug-likeness (QED) is 0.588. The van der Waals surface area contributed by atoms with E-state index in [0.717, 1.165) is 11.3 Å². The van der Waals surface area contributed by atoms with E-state index in [1.807, 2.05) is 49.3 Å². The number of phenolic OH excluding ortho intramolecular Hbond substituents is 1. The second-order valence-corrected chi connectivity index (χ2v) is 8.89. The van der Waals surface area contributed by atoms with Gasteiger partial charge in [0.05, 0.1) is 28.5 Å². The molecule has 0 saturated heterocycles. The highest BCUT2D eigenvalue weighted by Crippen LogP contribution is 2.31. The average Bonchev–Trinajstić information content (AvgIpc) is 3.08. The summed E-state index contributed by atoms with van der Waals surface area (Å²) in [7, 11) is 3.94. The molecule has 0 amide bonds. The molecule has 0 fully saturated rings. The van der Waals surface area contributed by atoms with Crippen LogP contribution in [-0.2, 0) is 9.53 Å².